The van der Waals surface area contributed by atoms with E-state index in [-0.39, 0.29) is 36.3 Å². The molecule has 1 fully saturated rings. The molecule has 1 aliphatic carbocycles. The monoisotopic (exact) mass is 525 g/mol. The van der Waals surface area contributed by atoms with Gasteiger partial charge in [-0.2, -0.15) is 4.98 Å². The second kappa shape index (κ2) is 12.1. The van der Waals surface area contributed by atoms with Crippen LogP contribution in [0.4, 0.5) is 4.79 Å². The smallest absolute Gasteiger partial charge is 0.410 e. The summed E-state index contributed by atoms with van der Waals surface area (Å²) in [4.78, 5) is 42.9. The Balaban J connectivity index is 1.18. The lowest BCUT2D eigenvalue weighted by Crippen LogP contribution is -2.42. The summed E-state index contributed by atoms with van der Waals surface area (Å²) >= 11 is 0. The van der Waals surface area contributed by atoms with Gasteiger partial charge in [0, 0.05) is 38.0 Å². The molecule has 1 aromatic rings. The number of fused-ring (bicyclic) bond motifs is 1. The first-order valence-electron chi connectivity index (χ1n) is 13.1. The molecule has 3 aliphatic rings. The molecule has 1 aromatic heterocycles. The van der Waals surface area contributed by atoms with Crippen molar-refractivity contribution in [3.63, 3.8) is 0 Å². The van der Waals surface area contributed by atoms with E-state index < -0.39 is 5.60 Å². The minimum atomic E-state index is -0.586. The lowest BCUT2D eigenvalue weighted by Gasteiger charge is -2.35. The molecule has 204 valence electrons. The Labute approximate surface area is 221 Å². The molecule has 1 saturated heterocycles. The highest BCUT2D eigenvalue weighted by atomic mass is 16.6. The number of carbonyl (C=O) groups excluding carboxylic acids is 3. The summed E-state index contributed by atoms with van der Waals surface area (Å²) in [5.41, 5.74) is 0.218. The van der Waals surface area contributed by atoms with Crippen LogP contribution in [-0.4, -0.2) is 58.2 Å². The molecule has 38 heavy (non-hydrogen) atoms. The van der Waals surface area contributed by atoms with Crippen molar-refractivity contribution < 1.29 is 23.6 Å². The standard InChI is InChI=1S/C26H35N7O5/c1-26(2,3)37-25(36)33-16-7-6-11-19(33)23-29-21(38-32-23)13-12-20(34)27-14-8-15-28-22-17-9-4-5-10-18(17)24(35)31-30-22/h4-5,9-10,18-19,28H,6-8,11-16H2,1-3H3,(H,27,34). The summed E-state index contributed by atoms with van der Waals surface area (Å²) in [7, 11) is 0. The van der Waals surface area contributed by atoms with Gasteiger partial charge in [-0.1, -0.05) is 29.5 Å². The fourth-order valence-corrected chi connectivity index (χ4v) is 4.42. The molecule has 0 radical (unpaired) electrons. The van der Waals surface area contributed by atoms with Gasteiger partial charge in [0.05, 0.1) is 12.0 Å². The number of likely N-dealkylation sites (tertiary alicyclic amines) is 1. The van der Waals surface area contributed by atoms with E-state index in [9.17, 15) is 14.4 Å². The number of azo groups is 1. The van der Waals surface area contributed by atoms with Crippen LogP contribution in [0.1, 0.15) is 70.6 Å². The first-order chi connectivity index (χ1) is 18.2. The van der Waals surface area contributed by atoms with Gasteiger partial charge in [0.15, 0.2) is 11.6 Å². The van der Waals surface area contributed by atoms with Crippen LogP contribution in [0.5, 0.6) is 0 Å². The number of nitrogens with zero attached hydrogens (tertiary/aromatic N) is 5. The predicted octanol–water partition coefficient (Wildman–Crippen LogP) is 3.51. The molecule has 3 heterocycles. The van der Waals surface area contributed by atoms with Gasteiger partial charge < -0.3 is 19.9 Å². The topological polar surface area (TPSA) is 151 Å². The molecule has 12 heteroatoms. The lowest BCUT2D eigenvalue weighted by molar-refractivity contribution is -0.121. The van der Waals surface area contributed by atoms with Crippen molar-refractivity contribution in [1.82, 2.24) is 25.7 Å². The molecule has 2 unspecified atom stereocenters. The van der Waals surface area contributed by atoms with E-state index in [1.165, 1.54) is 0 Å². The Morgan fingerprint density at radius 2 is 2.03 bits per heavy atom. The van der Waals surface area contributed by atoms with Crippen molar-refractivity contribution in [3.05, 3.63) is 47.4 Å². The Bertz CT molecular complexity index is 1160. The van der Waals surface area contributed by atoms with Gasteiger partial charge in [0.1, 0.15) is 5.60 Å². The van der Waals surface area contributed by atoms with Crippen LogP contribution in [0.2, 0.25) is 0 Å². The van der Waals surface area contributed by atoms with E-state index in [0.29, 0.717) is 50.0 Å². The largest absolute Gasteiger partial charge is 0.444 e. The first kappa shape index (κ1) is 27.2. The summed E-state index contributed by atoms with van der Waals surface area (Å²) in [5, 5.41) is 17.8. The number of aromatic nitrogens is 2. The Kier molecular flexibility index (Phi) is 8.70. The molecule has 0 bridgehead atoms. The number of ether oxygens (including phenoxy) is 1. The van der Waals surface area contributed by atoms with Gasteiger partial charge in [0.25, 0.3) is 5.91 Å². The minimum Gasteiger partial charge on any atom is -0.444 e. The average molecular weight is 526 g/mol. The summed E-state index contributed by atoms with van der Waals surface area (Å²) < 4.78 is 10.9. The summed E-state index contributed by atoms with van der Waals surface area (Å²) in [6.45, 7) is 7.13. The molecule has 2 N–H and O–H groups in total. The predicted molar refractivity (Wildman–Crippen MR) is 136 cm³/mol. The third-order valence-electron chi connectivity index (χ3n) is 6.26. The normalized spacial score (nSPS) is 20.9. The van der Waals surface area contributed by atoms with Crippen LogP contribution in [0.15, 0.2) is 50.4 Å². The number of allylic oxidation sites excluding steroid dienone is 3. The number of hydrogen-bond acceptors (Lipinski definition) is 9. The maximum absolute atomic E-state index is 12.7. The van der Waals surface area contributed by atoms with Crippen LogP contribution in [-0.2, 0) is 20.7 Å². The van der Waals surface area contributed by atoms with E-state index in [1.54, 1.807) is 11.0 Å². The lowest BCUT2D eigenvalue weighted by atomic mass is 9.93. The number of carbonyl (C=O) groups is 3. The van der Waals surface area contributed by atoms with Gasteiger partial charge in [-0.3, -0.25) is 14.5 Å². The van der Waals surface area contributed by atoms with Crippen molar-refractivity contribution >= 4 is 17.9 Å². The number of amides is 3. The molecule has 4 rings (SSSR count). The SMILES string of the molecule is CC(C)(C)OC(=O)N1CCCCC1c1noc(CCC(=O)NCCCNC2=C3C=CC=CC3C(=O)N=N2)n1. The van der Waals surface area contributed by atoms with E-state index in [4.69, 9.17) is 9.26 Å². The molecule has 0 aromatic carbocycles. The van der Waals surface area contributed by atoms with Gasteiger partial charge >= 0.3 is 6.09 Å². The van der Waals surface area contributed by atoms with E-state index >= 15 is 0 Å². The number of piperidine rings is 1. The Morgan fingerprint density at radius 3 is 2.84 bits per heavy atom. The minimum absolute atomic E-state index is 0.122. The molecule has 12 nitrogen and oxygen atoms in total. The van der Waals surface area contributed by atoms with Crippen LogP contribution in [0.3, 0.4) is 0 Å². The van der Waals surface area contributed by atoms with Crippen molar-refractivity contribution in [2.24, 2.45) is 16.1 Å². The van der Waals surface area contributed by atoms with Gasteiger partial charge in [-0.25, -0.2) is 4.79 Å². The zero-order valence-corrected chi connectivity index (χ0v) is 22.1. The molecule has 2 atom stereocenters. The third-order valence-corrected chi connectivity index (χ3v) is 6.26. The van der Waals surface area contributed by atoms with Crippen molar-refractivity contribution in [3.8, 4) is 0 Å². The maximum atomic E-state index is 12.7. The zero-order chi connectivity index (χ0) is 27.1. The quantitative estimate of drug-likeness (QED) is 0.465. The Morgan fingerprint density at radius 1 is 1.18 bits per heavy atom. The van der Waals surface area contributed by atoms with Gasteiger partial charge in [-0.15, -0.1) is 10.2 Å². The number of rotatable bonds is 9. The van der Waals surface area contributed by atoms with E-state index in [1.807, 2.05) is 39.0 Å². The van der Waals surface area contributed by atoms with E-state index in [0.717, 1.165) is 24.8 Å². The number of nitrogens with one attached hydrogen (secondary N) is 2. The van der Waals surface area contributed by atoms with Crippen LogP contribution < -0.4 is 10.6 Å². The number of hydrogen-bond donors (Lipinski definition) is 2. The maximum Gasteiger partial charge on any atom is 0.410 e. The highest BCUT2D eigenvalue weighted by Crippen LogP contribution is 2.31. The Hall–Kier alpha value is -3.83. The highest BCUT2D eigenvalue weighted by molar-refractivity contribution is 5.86. The molecule has 2 aliphatic heterocycles. The number of aryl methyl sites for hydroxylation is 1. The summed E-state index contributed by atoms with van der Waals surface area (Å²) in [5.74, 6) is 0.607. The van der Waals surface area contributed by atoms with Crippen molar-refractivity contribution in [2.75, 3.05) is 19.6 Å². The molecule has 3 amide bonds. The highest BCUT2D eigenvalue weighted by Gasteiger charge is 2.34. The molecular formula is C26H35N7O5. The van der Waals surface area contributed by atoms with Gasteiger partial charge in [0.2, 0.25) is 11.8 Å². The van der Waals surface area contributed by atoms with Crippen LogP contribution >= 0.6 is 0 Å². The fourth-order valence-electron chi connectivity index (χ4n) is 4.42. The van der Waals surface area contributed by atoms with Crippen LogP contribution in [0, 0.1) is 5.92 Å². The van der Waals surface area contributed by atoms with Crippen LogP contribution in [0.25, 0.3) is 0 Å². The zero-order valence-electron chi connectivity index (χ0n) is 22.1. The first-order valence-corrected chi connectivity index (χ1v) is 13.1. The summed E-state index contributed by atoms with van der Waals surface area (Å²) in [6, 6.07) is -0.300. The molecule has 0 saturated carbocycles. The van der Waals surface area contributed by atoms with E-state index in [2.05, 4.69) is 31.0 Å². The second-order valence-electron chi connectivity index (χ2n) is 10.4. The molecule has 0 spiro atoms. The van der Waals surface area contributed by atoms with Crippen molar-refractivity contribution in [2.45, 2.75) is 70.9 Å². The third kappa shape index (κ3) is 7.14. The average Bonchev–Trinajstić information content (AvgIpc) is 3.37. The summed E-state index contributed by atoms with van der Waals surface area (Å²) in [6.07, 6.45) is 10.7. The fraction of sp³-hybridized carbons (Fsp3) is 0.577. The van der Waals surface area contributed by atoms with Gasteiger partial charge in [-0.05, 0) is 46.5 Å². The van der Waals surface area contributed by atoms with Crippen molar-refractivity contribution in [1.29, 1.82) is 0 Å². The molecular weight excluding hydrogens is 490 g/mol. The second-order valence-corrected chi connectivity index (χ2v) is 10.4.